The summed E-state index contributed by atoms with van der Waals surface area (Å²) in [5, 5.41) is 2.82. The van der Waals surface area contributed by atoms with Gasteiger partial charge in [-0.15, -0.1) is 0 Å². The lowest BCUT2D eigenvalue weighted by Crippen LogP contribution is -2.52. The molecule has 9 nitrogen and oxygen atoms in total. The molecule has 49 heavy (non-hydrogen) atoms. The van der Waals surface area contributed by atoms with Gasteiger partial charge in [-0.25, -0.2) is 9.78 Å². The Balaban J connectivity index is 1.58. The highest BCUT2D eigenvalue weighted by Gasteiger charge is 2.44. The van der Waals surface area contributed by atoms with Gasteiger partial charge in [0, 0.05) is 30.8 Å². The van der Waals surface area contributed by atoms with Crippen LogP contribution in [0.2, 0.25) is 0 Å². The van der Waals surface area contributed by atoms with Gasteiger partial charge >= 0.3 is 12.1 Å². The van der Waals surface area contributed by atoms with Crippen molar-refractivity contribution >= 4 is 18.0 Å². The summed E-state index contributed by atoms with van der Waals surface area (Å²) in [5.74, 6) is -1.05. The fourth-order valence-electron chi connectivity index (χ4n) is 6.34. The number of carbonyl (C=O) groups is 3. The number of hydrogen-bond donors (Lipinski definition) is 1. The van der Waals surface area contributed by atoms with E-state index in [4.69, 9.17) is 9.47 Å². The highest BCUT2D eigenvalue weighted by atomic mass is 16.5. The van der Waals surface area contributed by atoms with E-state index in [9.17, 15) is 14.4 Å². The highest BCUT2D eigenvalue weighted by molar-refractivity contribution is 5.88. The molecule has 1 aliphatic rings. The van der Waals surface area contributed by atoms with Crippen molar-refractivity contribution in [2.45, 2.75) is 38.0 Å². The van der Waals surface area contributed by atoms with E-state index in [0.717, 1.165) is 23.1 Å². The van der Waals surface area contributed by atoms with Gasteiger partial charge in [-0.3, -0.25) is 9.59 Å². The zero-order chi connectivity index (χ0) is 34.5. The van der Waals surface area contributed by atoms with E-state index in [1.54, 1.807) is 24.7 Å². The van der Waals surface area contributed by atoms with Crippen molar-refractivity contribution in [1.82, 2.24) is 19.8 Å². The van der Waals surface area contributed by atoms with Crippen molar-refractivity contribution in [3.8, 4) is 0 Å². The van der Waals surface area contributed by atoms with Crippen LogP contribution in [0, 0.1) is 5.92 Å². The number of hydrogen-bond acceptors (Lipinski definition) is 6. The van der Waals surface area contributed by atoms with Crippen LogP contribution in [0.3, 0.4) is 0 Å². The third kappa shape index (κ3) is 8.24. The van der Waals surface area contributed by atoms with E-state index in [-0.39, 0.29) is 32.0 Å². The van der Waals surface area contributed by atoms with Gasteiger partial charge in [-0.2, -0.15) is 0 Å². The molecule has 252 valence electrons. The van der Waals surface area contributed by atoms with E-state index in [0.29, 0.717) is 5.69 Å². The number of aromatic nitrogens is 2. The number of imidazole rings is 1. The fourth-order valence-corrected chi connectivity index (χ4v) is 6.34. The van der Waals surface area contributed by atoms with E-state index in [2.05, 4.69) is 57.4 Å². The standard InChI is InChI=1S/C40H42N4O5/c1-3-4-25-43(28-37(45)48-2)38(46)36(42-39(47)49-29-31-17-9-5-10-18-31)26-35-27-41-30-44(35)40(32-19-11-6-12-20-32,33-21-13-7-14-22-33)34-23-15-8-16-24-34/h3-23,27,30,34,36H,24-26,28-29H2,1-2H3,(H,42,47)/b4-3+. The second-order valence-electron chi connectivity index (χ2n) is 11.7. The quantitative estimate of drug-likeness (QED) is 0.128. The van der Waals surface area contributed by atoms with Gasteiger partial charge in [-0.1, -0.05) is 127 Å². The molecule has 0 aliphatic heterocycles. The molecule has 3 aromatic carbocycles. The molecule has 1 aliphatic carbocycles. The van der Waals surface area contributed by atoms with Crippen LogP contribution in [0.4, 0.5) is 4.79 Å². The molecule has 0 saturated heterocycles. The Morgan fingerprint density at radius 2 is 1.63 bits per heavy atom. The van der Waals surface area contributed by atoms with Crippen molar-refractivity contribution in [3.63, 3.8) is 0 Å². The van der Waals surface area contributed by atoms with Crippen molar-refractivity contribution in [3.05, 3.63) is 162 Å². The molecule has 2 atom stereocenters. The molecule has 1 N–H and O–H groups in total. The zero-order valence-electron chi connectivity index (χ0n) is 27.9. The minimum absolute atomic E-state index is 0.0151. The smallest absolute Gasteiger partial charge is 0.408 e. The van der Waals surface area contributed by atoms with Gasteiger partial charge < -0.3 is 24.3 Å². The van der Waals surface area contributed by atoms with E-state index in [1.807, 2.05) is 79.7 Å². The predicted octanol–water partition coefficient (Wildman–Crippen LogP) is 6.22. The maximum absolute atomic E-state index is 14.3. The predicted molar refractivity (Wildman–Crippen MR) is 188 cm³/mol. The average molecular weight is 659 g/mol. The fraction of sp³-hybridized carbons (Fsp3) is 0.250. The molecule has 0 saturated carbocycles. The maximum atomic E-state index is 14.3. The zero-order valence-corrected chi connectivity index (χ0v) is 27.9. The minimum Gasteiger partial charge on any atom is -0.468 e. The molecule has 2 amide bonds. The summed E-state index contributed by atoms with van der Waals surface area (Å²) in [6.45, 7) is 1.73. The number of esters is 1. The van der Waals surface area contributed by atoms with Crippen molar-refractivity contribution in [1.29, 1.82) is 0 Å². The first-order valence-electron chi connectivity index (χ1n) is 16.4. The average Bonchev–Trinajstić information content (AvgIpc) is 3.62. The number of nitrogens with zero attached hydrogens (tertiary/aromatic N) is 3. The number of benzene rings is 3. The first-order valence-corrected chi connectivity index (χ1v) is 16.4. The van der Waals surface area contributed by atoms with Crippen LogP contribution in [-0.4, -0.2) is 58.7 Å². The molecule has 9 heteroatoms. The Labute approximate surface area is 287 Å². The van der Waals surface area contributed by atoms with Gasteiger partial charge in [0.2, 0.25) is 5.91 Å². The first-order chi connectivity index (χ1) is 24.0. The molecule has 2 unspecified atom stereocenters. The van der Waals surface area contributed by atoms with Crippen LogP contribution in [-0.2, 0) is 37.6 Å². The molecule has 0 bridgehead atoms. The van der Waals surface area contributed by atoms with E-state index >= 15 is 0 Å². The third-order valence-electron chi connectivity index (χ3n) is 8.68. The van der Waals surface area contributed by atoms with Gasteiger partial charge in [-0.05, 0) is 30.0 Å². The topological polar surface area (TPSA) is 103 Å². The number of carbonyl (C=O) groups excluding carboxylic acids is 3. The Morgan fingerprint density at radius 1 is 0.980 bits per heavy atom. The summed E-state index contributed by atoms with van der Waals surface area (Å²) in [4.78, 5) is 46.0. The lowest BCUT2D eigenvalue weighted by atomic mass is 9.70. The number of methoxy groups -OCH3 is 1. The summed E-state index contributed by atoms with van der Waals surface area (Å²) in [7, 11) is 1.28. The van der Waals surface area contributed by atoms with Crippen LogP contribution >= 0.6 is 0 Å². The van der Waals surface area contributed by atoms with Crippen LogP contribution in [0.5, 0.6) is 0 Å². The normalized spacial score (nSPS) is 14.7. The van der Waals surface area contributed by atoms with Crippen LogP contribution in [0.25, 0.3) is 0 Å². The number of nitrogens with one attached hydrogen (secondary N) is 1. The largest absolute Gasteiger partial charge is 0.468 e. The van der Waals surface area contributed by atoms with Gasteiger partial charge in [0.1, 0.15) is 24.7 Å². The molecule has 1 aromatic heterocycles. The van der Waals surface area contributed by atoms with Crippen molar-refractivity contribution in [2.75, 3.05) is 20.2 Å². The summed E-state index contributed by atoms with van der Waals surface area (Å²) in [6, 6.07) is 28.7. The number of amides is 2. The molecule has 0 fully saturated rings. The first kappa shape index (κ1) is 34.6. The molecule has 5 rings (SSSR count). The summed E-state index contributed by atoms with van der Waals surface area (Å²) in [6.07, 6.45) is 15.7. The molecule has 4 aromatic rings. The molecule has 1 heterocycles. The Morgan fingerprint density at radius 3 is 2.22 bits per heavy atom. The summed E-state index contributed by atoms with van der Waals surface area (Å²) < 4.78 is 12.6. The SMILES string of the molecule is C/C=C/CN(CC(=O)OC)C(=O)C(Cc1cncn1C(c1ccccc1)(c1ccccc1)C1C=CC=CC1)NC(=O)OCc1ccccc1. The van der Waals surface area contributed by atoms with Crippen molar-refractivity contribution < 1.29 is 23.9 Å². The Hall–Kier alpha value is -5.70. The summed E-state index contributed by atoms with van der Waals surface area (Å²) in [5.41, 5.74) is 2.85. The molecular weight excluding hydrogens is 616 g/mol. The van der Waals surface area contributed by atoms with Gasteiger partial charge in [0.05, 0.1) is 13.4 Å². The number of allylic oxidation sites excluding steroid dienone is 5. The van der Waals surface area contributed by atoms with Crippen LogP contribution in [0.15, 0.2) is 140 Å². The van der Waals surface area contributed by atoms with Gasteiger partial charge in [0.25, 0.3) is 0 Å². The van der Waals surface area contributed by atoms with Crippen molar-refractivity contribution in [2.24, 2.45) is 5.92 Å². The second-order valence-corrected chi connectivity index (χ2v) is 11.7. The Kier molecular flexibility index (Phi) is 12.0. The van der Waals surface area contributed by atoms with E-state index in [1.165, 1.54) is 12.0 Å². The van der Waals surface area contributed by atoms with Crippen LogP contribution in [0.1, 0.15) is 35.7 Å². The molecule has 0 radical (unpaired) electrons. The minimum atomic E-state index is -1.10. The summed E-state index contributed by atoms with van der Waals surface area (Å²) >= 11 is 0. The third-order valence-corrected chi connectivity index (χ3v) is 8.68. The monoisotopic (exact) mass is 658 g/mol. The lowest BCUT2D eigenvalue weighted by molar-refractivity contribution is -0.147. The highest BCUT2D eigenvalue weighted by Crippen LogP contribution is 2.45. The van der Waals surface area contributed by atoms with Gasteiger partial charge in [0.15, 0.2) is 0 Å². The molecular formula is C40H42N4O5. The maximum Gasteiger partial charge on any atom is 0.408 e. The molecule has 0 spiro atoms. The van der Waals surface area contributed by atoms with E-state index < -0.39 is 29.6 Å². The number of alkyl carbamates (subject to hydrolysis) is 1. The Bertz CT molecular complexity index is 1730. The lowest BCUT2D eigenvalue weighted by Gasteiger charge is -2.43. The number of ether oxygens (including phenoxy) is 2. The van der Waals surface area contributed by atoms with Crippen LogP contribution < -0.4 is 5.32 Å². The second kappa shape index (κ2) is 16.9. The number of rotatable bonds is 14.